The summed E-state index contributed by atoms with van der Waals surface area (Å²) in [4.78, 5) is 9.16. The van der Waals surface area contributed by atoms with E-state index in [4.69, 9.17) is 0 Å². The van der Waals surface area contributed by atoms with Gasteiger partial charge in [0.05, 0.1) is 24.2 Å². The van der Waals surface area contributed by atoms with Crippen molar-refractivity contribution < 1.29 is 16.8 Å². The van der Waals surface area contributed by atoms with Crippen LogP contribution in [0.5, 0.6) is 0 Å². The largest absolute Gasteiger partial charge is 0.300 e. The first kappa shape index (κ1) is 26.3. The van der Waals surface area contributed by atoms with Crippen LogP contribution in [0.1, 0.15) is 23.0 Å². The highest BCUT2D eigenvalue weighted by molar-refractivity contribution is 8.09. The molecule has 4 rings (SSSR count). The standard InChI is InChI=1S/C24H32N6O4S2/c1-27-22(12-14-25-27)24(20-8-5-4-6-9-20)29-18-16-28(17-19-29)15-13-21-10-7-11-23(26-21)30(35(2,31)32)36(3,33)34/h4-12,14,24H,13,15-19H2,1-3H3. The summed E-state index contributed by atoms with van der Waals surface area (Å²) >= 11 is 0. The fourth-order valence-corrected chi connectivity index (χ4v) is 7.52. The molecule has 1 aromatic carbocycles. The van der Waals surface area contributed by atoms with E-state index >= 15 is 0 Å². The molecular formula is C24H32N6O4S2. The van der Waals surface area contributed by atoms with Crippen LogP contribution in [0.25, 0.3) is 0 Å². The van der Waals surface area contributed by atoms with E-state index in [9.17, 15) is 16.8 Å². The van der Waals surface area contributed by atoms with Crippen molar-refractivity contribution in [1.29, 1.82) is 0 Å². The molecule has 1 atom stereocenters. The molecule has 36 heavy (non-hydrogen) atoms. The zero-order valence-electron chi connectivity index (χ0n) is 20.7. The van der Waals surface area contributed by atoms with Crippen LogP contribution < -0.4 is 3.71 Å². The second-order valence-electron chi connectivity index (χ2n) is 9.03. The molecule has 0 amide bonds. The maximum absolute atomic E-state index is 12.1. The van der Waals surface area contributed by atoms with E-state index in [0.717, 1.165) is 50.9 Å². The smallest absolute Gasteiger partial charge is 0.246 e. The number of hydrogen-bond acceptors (Lipinski definition) is 8. The zero-order valence-corrected chi connectivity index (χ0v) is 22.4. The van der Waals surface area contributed by atoms with Gasteiger partial charge in [-0.2, -0.15) is 5.10 Å². The number of nitrogens with zero attached hydrogens (tertiary/aromatic N) is 6. The Morgan fingerprint density at radius 1 is 0.889 bits per heavy atom. The summed E-state index contributed by atoms with van der Waals surface area (Å²) < 4.78 is 50.6. The van der Waals surface area contributed by atoms with Gasteiger partial charge in [0.15, 0.2) is 5.82 Å². The fraction of sp³-hybridized carbons (Fsp3) is 0.417. The number of aryl methyl sites for hydroxylation is 1. The minimum Gasteiger partial charge on any atom is -0.300 e. The maximum atomic E-state index is 12.1. The zero-order chi connectivity index (χ0) is 25.9. The average Bonchev–Trinajstić information content (AvgIpc) is 3.23. The maximum Gasteiger partial charge on any atom is 0.246 e. The van der Waals surface area contributed by atoms with Crippen LogP contribution in [0.15, 0.2) is 60.8 Å². The second kappa shape index (κ2) is 10.7. The number of benzene rings is 1. The Labute approximate surface area is 213 Å². The van der Waals surface area contributed by atoms with Gasteiger partial charge in [-0.3, -0.25) is 9.58 Å². The molecule has 0 radical (unpaired) electrons. The van der Waals surface area contributed by atoms with E-state index in [2.05, 4.69) is 50.2 Å². The quantitative estimate of drug-likeness (QED) is 0.408. The second-order valence-corrected chi connectivity index (χ2v) is 12.9. The van der Waals surface area contributed by atoms with Crippen molar-refractivity contribution in [1.82, 2.24) is 24.6 Å². The molecule has 3 aromatic rings. The SMILES string of the molecule is Cn1nccc1C(c1ccccc1)N1CCN(CCc2cccc(N(S(C)(=O)=O)S(C)(=O)=O)n2)CC1. The monoisotopic (exact) mass is 532 g/mol. The van der Waals surface area contributed by atoms with E-state index < -0.39 is 20.0 Å². The van der Waals surface area contributed by atoms with E-state index in [-0.39, 0.29) is 11.9 Å². The minimum absolute atomic E-state index is 0.107. The number of hydrogen-bond donors (Lipinski definition) is 0. The number of aromatic nitrogens is 3. The van der Waals surface area contributed by atoms with Crippen LogP contribution in [0.2, 0.25) is 0 Å². The predicted octanol–water partition coefficient (Wildman–Crippen LogP) is 1.49. The van der Waals surface area contributed by atoms with E-state index in [1.54, 1.807) is 12.1 Å². The first-order valence-corrected chi connectivity index (χ1v) is 15.4. The lowest BCUT2D eigenvalue weighted by Crippen LogP contribution is -2.48. The molecule has 0 spiro atoms. The molecule has 1 aliphatic rings. The molecule has 0 N–H and O–H groups in total. The van der Waals surface area contributed by atoms with Crippen LogP contribution in [-0.4, -0.2) is 86.6 Å². The highest BCUT2D eigenvalue weighted by Gasteiger charge is 2.30. The lowest BCUT2D eigenvalue weighted by atomic mass is 10.0. The van der Waals surface area contributed by atoms with Crippen LogP contribution in [0.4, 0.5) is 5.82 Å². The number of sulfonamides is 2. The molecule has 2 aromatic heterocycles. The summed E-state index contributed by atoms with van der Waals surface area (Å²) in [5.41, 5.74) is 3.03. The number of piperazine rings is 1. The molecule has 10 nitrogen and oxygen atoms in total. The highest BCUT2D eigenvalue weighted by Crippen LogP contribution is 2.29. The summed E-state index contributed by atoms with van der Waals surface area (Å²) in [5.74, 6) is -0.107. The van der Waals surface area contributed by atoms with Crippen molar-refractivity contribution in [3.8, 4) is 0 Å². The first-order chi connectivity index (χ1) is 17.0. The highest BCUT2D eigenvalue weighted by atomic mass is 32.3. The van der Waals surface area contributed by atoms with Gasteiger partial charge >= 0.3 is 0 Å². The lowest BCUT2D eigenvalue weighted by Gasteiger charge is -2.39. The van der Waals surface area contributed by atoms with Crippen LogP contribution in [0, 0.1) is 0 Å². The Hall–Kier alpha value is -2.80. The van der Waals surface area contributed by atoms with Gasteiger partial charge in [0, 0.05) is 58.1 Å². The third-order valence-electron chi connectivity index (χ3n) is 6.29. The molecule has 12 heteroatoms. The molecular weight excluding hydrogens is 500 g/mol. The molecule has 1 unspecified atom stereocenters. The van der Waals surface area contributed by atoms with Gasteiger partial charge in [-0.05, 0) is 23.8 Å². The summed E-state index contributed by atoms with van der Waals surface area (Å²) in [6, 6.07) is 17.5. The van der Waals surface area contributed by atoms with Crippen molar-refractivity contribution in [2.24, 2.45) is 7.05 Å². The first-order valence-electron chi connectivity index (χ1n) is 11.7. The Bertz CT molecular complexity index is 1350. The topological polar surface area (TPSA) is 109 Å². The van der Waals surface area contributed by atoms with Gasteiger partial charge < -0.3 is 4.90 Å². The van der Waals surface area contributed by atoms with E-state index in [0.29, 0.717) is 15.8 Å². The van der Waals surface area contributed by atoms with Gasteiger partial charge in [0.1, 0.15) is 0 Å². The third kappa shape index (κ3) is 6.12. The Morgan fingerprint density at radius 2 is 1.56 bits per heavy atom. The molecule has 0 saturated carbocycles. The fourth-order valence-electron chi connectivity index (χ4n) is 4.67. The number of rotatable bonds is 9. The van der Waals surface area contributed by atoms with Crippen LogP contribution in [-0.2, 0) is 33.5 Å². The van der Waals surface area contributed by atoms with Crippen LogP contribution in [0.3, 0.4) is 0 Å². The van der Waals surface area contributed by atoms with Crippen LogP contribution >= 0.6 is 0 Å². The summed E-state index contributed by atoms with van der Waals surface area (Å²) in [5, 5.41) is 4.38. The summed E-state index contributed by atoms with van der Waals surface area (Å²) in [6.45, 7) is 4.26. The van der Waals surface area contributed by atoms with Gasteiger partial charge in [0.25, 0.3) is 0 Å². The normalized spacial score (nSPS) is 16.6. The molecule has 3 heterocycles. The summed E-state index contributed by atoms with van der Waals surface area (Å²) in [7, 11) is -6.08. The van der Waals surface area contributed by atoms with Crippen molar-refractivity contribution in [3.05, 3.63) is 77.7 Å². The molecule has 0 aliphatic carbocycles. The van der Waals surface area contributed by atoms with Gasteiger partial charge in [-0.25, -0.2) is 21.8 Å². The Balaban J connectivity index is 1.42. The Kier molecular flexibility index (Phi) is 7.79. The van der Waals surface area contributed by atoms with Crippen molar-refractivity contribution >= 4 is 25.9 Å². The number of pyridine rings is 1. The van der Waals surface area contributed by atoms with Gasteiger partial charge in [-0.1, -0.05) is 36.4 Å². The molecule has 0 bridgehead atoms. The number of anilines is 1. The van der Waals surface area contributed by atoms with E-state index in [1.165, 1.54) is 11.6 Å². The van der Waals surface area contributed by atoms with Gasteiger partial charge in [0.2, 0.25) is 20.0 Å². The molecule has 1 fully saturated rings. The van der Waals surface area contributed by atoms with Crippen molar-refractivity contribution in [2.75, 3.05) is 48.9 Å². The predicted molar refractivity (Wildman–Crippen MR) is 140 cm³/mol. The molecule has 194 valence electrons. The van der Waals surface area contributed by atoms with Gasteiger partial charge in [-0.15, -0.1) is 3.71 Å². The van der Waals surface area contributed by atoms with E-state index in [1.807, 2.05) is 24.0 Å². The Morgan fingerprint density at radius 3 is 2.14 bits per heavy atom. The minimum atomic E-state index is -4.03. The third-order valence-corrected chi connectivity index (χ3v) is 9.50. The lowest BCUT2D eigenvalue weighted by molar-refractivity contribution is 0.107. The van der Waals surface area contributed by atoms with Crippen molar-refractivity contribution in [3.63, 3.8) is 0 Å². The summed E-state index contributed by atoms with van der Waals surface area (Å²) in [6.07, 6.45) is 4.13. The van der Waals surface area contributed by atoms with Crippen molar-refractivity contribution in [2.45, 2.75) is 12.5 Å². The molecule has 1 aliphatic heterocycles. The molecule has 1 saturated heterocycles. The average molecular weight is 533 g/mol.